The monoisotopic (exact) mass is 416 g/mol. The average Bonchev–Trinajstić information content (AvgIpc) is 3.11. The van der Waals surface area contributed by atoms with Crippen LogP contribution in [0.25, 0.3) is 0 Å². The first-order valence-electron chi connectivity index (χ1n) is 8.90. The summed E-state index contributed by atoms with van der Waals surface area (Å²) in [5.41, 5.74) is -1.08. The number of nitrogens with zero attached hydrogens (tertiary/aromatic N) is 3. The molecule has 11 nitrogen and oxygen atoms in total. The van der Waals surface area contributed by atoms with E-state index in [-0.39, 0.29) is 23.4 Å². The molecule has 0 fully saturated rings. The van der Waals surface area contributed by atoms with Gasteiger partial charge in [-0.25, -0.2) is 9.80 Å². The lowest BCUT2D eigenvalue weighted by molar-refractivity contribution is -0.132. The van der Waals surface area contributed by atoms with Crippen LogP contribution in [0.4, 0.5) is 0 Å². The first-order valence-corrected chi connectivity index (χ1v) is 8.90. The molecule has 1 amide bonds. The highest BCUT2D eigenvalue weighted by atomic mass is 16.6. The highest BCUT2D eigenvalue weighted by Crippen LogP contribution is 2.37. The molecule has 0 saturated heterocycles. The second-order valence-electron chi connectivity index (χ2n) is 6.65. The normalized spacial score (nSPS) is 15.7. The minimum absolute atomic E-state index is 0.0836. The molecule has 0 unspecified atom stereocenters. The summed E-state index contributed by atoms with van der Waals surface area (Å²) in [5, 5.41) is 15.7. The van der Waals surface area contributed by atoms with Crippen LogP contribution in [0.1, 0.15) is 37.4 Å². The number of aromatic hydroxyl groups is 1. The topological polar surface area (TPSA) is 143 Å². The van der Waals surface area contributed by atoms with E-state index in [1.54, 1.807) is 18.2 Å². The van der Waals surface area contributed by atoms with Crippen molar-refractivity contribution in [2.24, 2.45) is 12.1 Å². The van der Waals surface area contributed by atoms with Crippen molar-refractivity contribution in [1.82, 2.24) is 14.6 Å². The highest BCUT2D eigenvalue weighted by molar-refractivity contribution is 6.04. The number of nitrogens with one attached hydrogen (secondary N) is 1. The number of rotatable bonds is 4. The number of esters is 1. The fourth-order valence-corrected chi connectivity index (χ4v) is 3.22. The van der Waals surface area contributed by atoms with Crippen molar-refractivity contribution < 1.29 is 24.2 Å². The number of ether oxygens (including phenoxy) is 2. The molecule has 1 aliphatic rings. The number of benzene rings is 1. The quantitative estimate of drug-likeness (QED) is 0.543. The second-order valence-corrected chi connectivity index (χ2v) is 6.65. The minimum Gasteiger partial charge on any atom is -0.494 e. The molecular weight excluding hydrogens is 396 g/mol. The molecule has 2 aromatic rings. The van der Waals surface area contributed by atoms with E-state index in [1.165, 1.54) is 33.0 Å². The van der Waals surface area contributed by atoms with Crippen LogP contribution in [0, 0.1) is 0 Å². The van der Waals surface area contributed by atoms with Crippen molar-refractivity contribution in [1.29, 1.82) is 0 Å². The smallest absolute Gasteiger partial charge is 0.330 e. The van der Waals surface area contributed by atoms with E-state index in [4.69, 9.17) is 9.47 Å². The molecule has 1 aromatic heterocycles. The van der Waals surface area contributed by atoms with Crippen molar-refractivity contribution in [3.63, 3.8) is 0 Å². The van der Waals surface area contributed by atoms with Crippen LogP contribution in [-0.2, 0) is 16.6 Å². The third kappa shape index (κ3) is 3.69. The average molecular weight is 416 g/mol. The summed E-state index contributed by atoms with van der Waals surface area (Å²) >= 11 is 0. The maximum atomic E-state index is 12.3. The fourth-order valence-electron chi connectivity index (χ4n) is 3.22. The number of aromatic amines is 1. The number of methoxy groups -OCH3 is 1. The molecule has 2 N–H and O–H groups in total. The number of hydrazone groups is 1. The van der Waals surface area contributed by atoms with E-state index < -0.39 is 35.0 Å². The summed E-state index contributed by atoms with van der Waals surface area (Å²) in [4.78, 5) is 49.6. The number of carbonyl (C=O) groups excluding carboxylic acids is 2. The first kappa shape index (κ1) is 20.8. The molecule has 158 valence electrons. The third-order valence-electron chi connectivity index (χ3n) is 4.64. The largest absolute Gasteiger partial charge is 0.494 e. The SMILES string of the molecule is COc1ccc([C@H]2CC(c3c(O)n(C)c(=O)[nH]c3=O)=NN2C(C)=O)cc1OC(C)=O. The number of amides is 1. The van der Waals surface area contributed by atoms with Crippen molar-refractivity contribution in [3.05, 3.63) is 50.2 Å². The van der Waals surface area contributed by atoms with Gasteiger partial charge in [-0.2, -0.15) is 5.10 Å². The van der Waals surface area contributed by atoms with Crippen molar-refractivity contribution in [2.45, 2.75) is 26.3 Å². The van der Waals surface area contributed by atoms with Gasteiger partial charge in [-0.1, -0.05) is 6.07 Å². The second kappa shape index (κ2) is 7.85. The molecule has 1 atom stereocenters. The van der Waals surface area contributed by atoms with E-state index >= 15 is 0 Å². The van der Waals surface area contributed by atoms with E-state index in [0.717, 1.165) is 4.57 Å². The van der Waals surface area contributed by atoms with Crippen molar-refractivity contribution in [3.8, 4) is 17.4 Å². The molecule has 1 aromatic carbocycles. The Kier molecular flexibility index (Phi) is 5.45. The molecule has 0 radical (unpaired) electrons. The van der Waals surface area contributed by atoms with Gasteiger partial charge >= 0.3 is 11.7 Å². The van der Waals surface area contributed by atoms with Crippen LogP contribution in [0.15, 0.2) is 32.9 Å². The van der Waals surface area contributed by atoms with Gasteiger partial charge in [0.1, 0.15) is 5.56 Å². The molecule has 2 heterocycles. The molecule has 0 spiro atoms. The van der Waals surface area contributed by atoms with Gasteiger partial charge < -0.3 is 14.6 Å². The summed E-state index contributed by atoms with van der Waals surface area (Å²) in [6.45, 7) is 2.56. The van der Waals surface area contributed by atoms with Gasteiger partial charge in [0.2, 0.25) is 11.8 Å². The molecule has 30 heavy (non-hydrogen) atoms. The Morgan fingerprint density at radius 2 is 1.93 bits per heavy atom. The van der Waals surface area contributed by atoms with Crippen LogP contribution in [0.3, 0.4) is 0 Å². The standard InChI is InChI=1S/C19H20N4O7/c1-9(24)23-13(11-5-6-14(29-4)15(7-11)30-10(2)25)8-12(21-23)16-17(26)20-19(28)22(3)18(16)27/h5-7,13,27H,8H2,1-4H3,(H,20,26,28)/t13-/m1/s1. The summed E-state index contributed by atoms with van der Waals surface area (Å²) in [7, 11) is 2.72. The molecule has 0 bridgehead atoms. The zero-order valence-corrected chi connectivity index (χ0v) is 16.8. The lowest BCUT2D eigenvalue weighted by Gasteiger charge is -2.21. The van der Waals surface area contributed by atoms with Crippen LogP contribution >= 0.6 is 0 Å². The highest BCUT2D eigenvalue weighted by Gasteiger charge is 2.34. The summed E-state index contributed by atoms with van der Waals surface area (Å²) in [6, 6.07) is 4.18. The Morgan fingerprint density at radius 3 is 2.53 bits per heavy atom. The maximum absolute atomic E-state index is 12.3. The lowest BCUT2D eigenvalue weighted by atomic mass is 9.98. The van der Waals surface area contributed by atoms with Gasteiger partial charge in [0, 0.05) is 27.3 Å². The first-order chi connectivity index (χ1) is 14.1. The van der Waals surface area contributed by atoms with E-state index in [2.05, 4.69) is 10.1 Å². The number of hydrogen-bond donors (Lipinski definition) is 2. The van der Waals surface area contributed by atoms with Crippen LogP contribution < -0.4 is 20.7 Å². The van der Waals surface area contributed by atoms with Gasteiger partial charge in [0.15, 0.2) is 11.5 Å². The van der Waals surface area contributed by atoms with Gasteiger partial charge in [-0.15, -0.1) is 0 Å². The van der Waals surface area contributed by atoms with Crippen LogP contribution in [0.2, 0.25) is 0 Å². The molecule has 1 aliphatic heterocycles. The summed E-state index contributed by atoms with van der Waals surface area (Å²) < 4.78 is 11.2. The summed E-state index contributed by atoms with van der Waals surface area (Å²) in [5.74, 6) is -1.00. The molecule has 3 rings (SSSR count). The van der Waals surface area contributed by atoms with E-state index in [1.807, 2.05) is 0 Å². The zero-order chi connectivity index (χ0) is 22.2. The van der Waals surface area contributed by atoms with Crippen molar-refractivity contribution in [2.75, 3.05) is 7.11 Å². The lowest BCUT2D eigenvalue weighted by Crippen LogP contribution is -2.32. The van der Waals surface area contributed by atoms with E-state index in [0.29, 0.717) is 11.3 Å². The number of aromatic nitrogens is 2. The number of carbonyl (C=O) groups is 2. The van der Waals surface area contributed by atoms with Gasteiger partial charge in [0.05, 0.1) is 18.9 Å². The molecule has 11 heteroatoms. The molecule has 0 aliphatic carbocycles. The van der Waals surface area contributed by atoms with Crippen LogP contribution in [-0.4, -0.2) is 44.4 Å². The predicted octanol–water partition coefficient (Wildman–Crippen LogP) is 0.411. The van der Waals surface area contributed by atoms with Crippen LogP contribution in [0.5, 0.6) is 17.4 Å². The van der Waals surface area contributed by atoms with E-state index in [9.17, 15) is 24.3 Å². The Labute approximate surface area is 170 Å². The number of H-pyrrole nitrogens is 1. The number of hydrogen-bond acceptors (Lipinski definition) is 8. The van der Waals surface area contributed by atoms with Crippen molar-refractivity contribution >= 4 is 17.6 Å². The Morgan fingerprint density at radius 1 is 1.23 bits per heavy atom. The fraction of sp³-hybridized carbons (Fsp3) is 0.316. The maximum Gasteiger partial charge on any atom is 0.330 e. The zero-order valence-electron chi connectivity index (χ0n) is 16.8. The minimum atomic E-state index is -0.811. The molecular formula is C19H20N4O7. The Balaban J connectivity index is 2.07. The Hall–Kier alpha value is -3.89. The van der Waals surface area contributed by atoms with Gasteiger partial charge in [0.25, 0.3) is 5.56 Å². The van der Waals surface area contributed by atoms with Gasteiger partial charge in [-0.05, 0) is 17.7 Å². The van der Waals surface area contributed by atoms with Gasteiger partial charge in [-0.3, -0.25) is 23.9 Å². The molecule has 0 saturated carbocycles. The predicted molar refractivity (Wildman–Crippen MR) is 105 cm³/mol. The summed E-state index contributed by atoms with van der Waals surface area (Å²) in [6.07, 6.45) is 0.0836. The Bertz CT molecular complexity index is 1180. The third-order valence-corrected chi connectivity index (χ3v) is 4.64.